The van der Waals surface area contributed by atoms with Gasteiger partial charge in [-0.2, -0.15) is 0 Å². The van der Waals surface area contributed by atoms with Crippen molar-refractivity contribution in [1.29, 1.82) is 0 Å². The summed E-state index contributed by atoms with van der Waals surface area (Å²) in [5.41, 5.74) is 0. The molecule has 0 aromatic rings. The second-order valence-corrected chi connectivity index (χ2v) is 2.86. The van der Waals surface area contributed by atoms with E-state index < -0.39 is 0 Å². The molecule has 1 rings (SSSR count). The van der Waals surface area contributed by atoms with Gasteiger partial charge in [0.15, 0.2) is 0 Å². The van der Waals surface area contributed by atoms with E-state index in [2.05, 4.69) is 19.1 Å². The van der Waals surface area contributed by atoms with Crippen molar-refractivity contribution in [2.24, 2.45) is 11.8 Å². The van der Waals surface area contributed by atoms with Crippen LogP contribution in [0.25, 0.3) is 0 Å². The molecular formula is C8H14O. The van der Waals surface area contributed by atoms with Crippen LogP contribution < -0.4 is 0 Å². The first kappa shape index (κ1) is 6.81. The van der Waals surface area contributed by atoms with Crippen molar-refractivity contribution in [2.45, 2.75) is 19.8 Å². The molecule has 9 heavy (non-hydrogen) atoms. The highest BCUT2D eigenvalue weighted by Gasteiger charge is 2.16. The maximum Gasteiger partial charge on any atom is 0.0464 e. The zero-order valence-electron chi connectivity index (χ0n) is 5.88. The summed E-state index contributed by atoms with van der Waals surface area (Å²) in [7, 11) is 0. The Labute approximate surface area is 56.4 Å². The molecule has 0 saturated carbocycles. The average Bonchev–Trinajstić information content (AvgIpc) is 1.89. The lowest BCUT2D eigenvalue weighted by Gasteiger charge is -2.22. The molecule has 0 saturated heterocycles. The number of rotatable bonds is 1. The predicted molar refractivity (Wildman–Crippen MR) is 38.1 cm³/mol. The predicted octanol–water partition coefficient (Wildman–Crippen LogP) is 1.58. The summed E-state index contributed by atoms with van der Waals surface area (Å²) in [5, 5.41) is 8.83. The van der Waals surface area contributed by atoms with E-state index in [0.29, 0.717) is 18.4 Å². The fourth-order valence-electron chi connectivity index (χ4n) is 1.26. The normalized spacial score (nSPS) is 34.9. The van der Waals surface area contributed by atoms with Gasteiger partial charge in [-0.3, -0.25) is 0 Å². The Hall–Kier alpha value is -0.300. The first-order chi connectivity index (χ1) is 4.34. The molecular weight excluding hydrogens is 112 g/mol. The maximum absolute atomic E-state index is 8.83. The number of hydrogen-bond acceptors (Lipinski definition) is 1. The van der Waals surface area contributed by atoms with Crippen LogP contribution in [0.15, 0.2) is 12.2 Å². The van der Waals surface area contributed by atoms with E-state index in [1.54, 1.807) is 0 Å². The van der Waals surface area contributed by atoms with Gasteiger partial charge in [-0.05, 0) is 24.7 Å². The molecule has 0 aromatic carbocycles. The number of aliphatic hydroxyl groups is 1. The van der Waals surface area contributed by atoms with Crippen LogP contribution in [0.1, 0.15) is 19.8 Å². The van der Waals surface area contributed by atoms with Crippen molar-refractivity contribution in [3.63, 3.8) is 0 Å². The third-order valence-corrected chi connectivity index (χ3v) is 2.15. The van der Waals surface area contributed by atoms with Crippen LogP contribution in [-0.2, 0) is 0 Å². The molecule has 0 spiro atoms. The fourth-order valence-corrected chi connectivity index (χ4v) is 1.26. The Morgan fingerprint density at radius 1 is 1.44 bits per heavy atom. The van der Waals surface area contributed by atoms with E-state index in [9.17, 15) is 0 Å². The second kappa shape index (κ2) is 3.02. The van der Waals surface area contributed by atoms with Crippen molar-refractivity contribution in [1.82, 2.24) is 0 Å². The molecule has 0 heterocycles. The van der Waals surface area contributed by atoms with Crippen molar-refractivity contribution < 1.29 is 5.11 Å². The zero-order valence-corrected chi connectivity index (χ0v) is 5.88. The third kappa shape index (κ3) is 1.55. The largest absolute Gasteiger partial charge is 0.396 e. The number of allylic oxidation sites excluding steroid dienone is 2. The van der Waals surface area contributed by atoms with Gasteiger partial charge in [0.2, 0.25) is 0 Å². The van der Waals surface area contributed by atoms with Gasteiger partial charge in [-0.1, -0.05) is 19.1 Å². The van der Waals surface area contributed by atoms with Crippen molar-refractivity contribution in [2.75, 3.05) is 6.61 Å². The van der Waals surface area contributed by atoms with E-state index in [0.717, 1.165) is 12.8 Å². The fraction of sp³-hybridized carbons (Fsp3) is 0.750. The van der Waals surface area contributed by atoms with Gasteiger partial charge in [0.1, 0.15) is 0 Å². The molecule has 0 unspecified atom stereocenters. The van der Waals surface area contributed by atoms with Gasteiger partial charge in [-0.25, -0.2) is 0 Å². The molecule has 1 nitrogen and oxygen atoms in total. The van der Waals surface area contributed by atoms with Gasteiger partial charge < -0.3 is 5.11 Å². The van der Waals surface area contributed by atoms with E-state index in [4.69, 9.17) is 5.11 Å². The van der Waals surface area contributed by atoms with Crippen LogP contribution >= 0.6 is 0 Å². The third-order valence-electron chi connectivity index (χ3n) is 2.15. The van der Waals surface area contributed by atoms with Gasteiger partial charge in [0.05, 0.1) is 0 Å². The second-order valence-electron chi connectivity index (χ2n) is 2.86. The molecule has 2 atom stereocenters. The molecule has 0 bridgehead atoms. The summed E-state index contributed by atoms with van der Waals surface area (Å²) in [5.74, 6) is 1.20. The summed E-state index contributed by atoms with van der Waals surface area (Å²) in [6, 6.07) is 0. The minimum atomic E-state index is 0.353. The highest BCUT2D eigenvalue weighted by Crippen LogP contribution is 2.23. The van der Waals surface area contributed by atoms with Crippen molar-refractivity contribution in [3.8, 4) is 0 Å². The lowest BCUT2D eigenvalue weighted by molar-refractivity contribution is 0.180. The van der Waals surface area contributed by atoms with Crippen LogP contribution in [0.4, 0.5) is 0 Å². The molecule has 1 aliphatic rings. The first-order valence-corrected chi connectivity index (χ1v) is 3.60. The van der Waals surface area contributed by atoms with E-state index in [1.807, 2.05) is 0 Å². The van der Waals surface area contributed by atoms with Crippen LogP contribution in [0.5, 0.6) is 0 Å². The summed E-state index contributed by atoms with van der Waals surface area (Å²) >= 11 is 0. The quantitative estimate of drug-likeness (QED) is 0.529. The molecule has 0 radical (unpaired) electrons. The van der Waals surface area contributed by atoms with Crippen molar-refractivity contribution in [3.05, 3.63) is 12.2 Å². The molecule has 0 fully saturated rings. The van der Waals surface area contributed by atoms with Crippen molar-refractivity contribution >= 4 is 0 Å². The van der Waals surface area contributed by atoms with E-state index >= 15 is 0 Å². The van der Waals surface area contributed by atoms with Gasteiger partial charge >= 0.3 is 0 Å². The Morgan fingerprint density at radius 2 is 2.11 bits per heavy atom. The summed E-state index contributed by atoms with van der Waals surface area (Å²) in [6.07, 6.45) is 6.58. The molecule has 0 aromatic heterocycles. The Morgan fingerprint density at radius 3 is 2.56 bits per heavy atom. The first-order valence-electron chi connectivity index (χ1n) is 3.60. The Balaban J connectivity index is 2.43. The number of hydrogen-bond donors (Lipinski definition) is 1. The van der Waals surface area contributed by atoms with Gasteiger partial charge in [0.25, 0.3) is 0 Å². The van der Waals surface area contributed by atoms with E-state index in [1.165, 1.54) is 0 Å². The SMILES string of the molecule is C[C@H]1CC=CC[C@@H]1CO. The topological polar surface area (TPSA) is 20.2 Å². The monoisotopic (exact) mass is 126 g/mol. The van der Waals surface area contributed by atoms with Crippen LogP contribution in [0, 0.1) is 11.8 Å². The highest BCUT2D eigenvalue weighted by molar-refractivity contribution is 4.92. The van der Waals surface area contributed by atoms with Crippen LogP contribution in [0.3, 0.4) is 0 Å². The maximum atomic E-state index is 8.83. The number of aliphatic hydroxyl groups excluding tert-OH is 1. The Kier molecular flexibility index (Phi) is 2.29. The molecule has 0 amide bonds. The molecule has 52 valence electrons. The standard InChI is InChI=1S/C8H14O/c1-7-4-2-3-5-8(7)6-9/h2-3,7-9H,4-6H2,1H3/t7-,8+/m0/s1. The molecule has 0 aliphatic heterocycles. The van der Waals surface area contributed by atoms with E-state index in [-0.39, 0.29) is 0 Å². The van der Waals surface area contributed by atoms with Gasteiger partial charge in [-0.15, -0.1) is 0 Å². The molecule has 1 N–H and O–H groups in total. The minimum Gasteiger partial charge on any atom is -0.396 e. The summed E-state index contributed by atoms with van der Waals surface area (Å²) in [6.45, 7) is 2.55. The summed E-state index contributed by atoms with van der Waals surface area (Å²) < 4.78 is 0. The average molecular weight is 126 g/mol. The van der Waals surface area contributed by atoms with Gasteiger partial charge in [0, 0.05) is 6.61 Å². The lowest BCUT2D eigenvalue weighted by atomic mass is 9.85. The molecule has 1 aliphatic carbocycles. The molecule has 1 heteroatoms. The van der Waals surface area contributed by atoms with Crippen LogP contribution in [-0.4, -0.2) is 11.7 Å². The van der Waals surface area contributed by atoms with Crippen LogP contribution in [0.2, 0.25) is 0 Å². The smallest absolute Gasteiger partial charge is 0.0464 e. The Bertz CT molecular complexity index is 107. The minimum absolute atomic E-state index is 0.353. The lowest BCUT2D eigenvalue weighted by Crippen LogP contribution is -2.16. The summed E-state index contributed by atoms with van der Waals surface area (Å²) in [4.78, 5) is 0. The highest BCUT2D eigenvalue weighted by atomic mass is 16.3. The zero-order chi connectivity index (χ0) is 6.69.